The van der Waals surface area contributed by atoms with E-state index in [9.17, 15) is 4.79 Å². The Balaban J connectivity index is 2.88. The second-order valence-corrected chi connectivity index (χ2v) is 2.76. The van der Waals surface area contributed by atoms with Crippen molar-refractivity contribution in [3.8, 4) is 0 Å². The van der Waals surface area contributed by atoms with Crippen molar-refractivity contribution in [3.63, 3.8) is 0 Å². The van der Waals surface area contributed by atoms with Crippen LogP contribution in [0.25, 0.3) is 0 Å². The summed E-state index contributed by atoms with van der Waals surface area (Å²) in [6, 6.07) is 9.31. The van der Waals surface area contributed by atoms with E-state index in [4.69, 9.17) is 5.11 Å². The van der Waals surface area contributed by atoms with Gasteiger partial charge in [-0.25, -0.2) is 0 Å². The van der Waals surface area contributed by atoms with Crippen LogP contribution in [0.5, 0.6) is 0 Å². The van der Waals surface area contributed by atoms with Crippen LogP contribution in [0.4, 0.5) is 0 Å². The lowest BCUT2D eigenvalue weighted by Gasteiger charge is -2.09. The summed E-state index contributed by atoms with van der Waals surface area (Å²) < 4.78 is 0. The van der Waals surface area contributed by atoms with Crippen LogP contribution in [-0.2, 0) is 4.79 Å². The zero-order chi connectivity index (χ0) is 8.97. The monoisotopic (exact) mass is 164 g/mol. The highest BCUT2D eigenvalue weighted by atomic mass is 16.3. The molecule has 0 spiro atoms. The van der Waals surface area contributed by atoms with Gasteiger partial charge in [0.2, 0.25) is 0 Å². The second-order valence-electron chi connectivity index (χ2n) is 2.76. The van der Waals surface area contributed by atoms with E-state index in [1.54, 1.807) is 0 Å². The highest BCUT2D eigenvalue weighted by Gasteiger charge is 2.14. The fourth-order valence-corrected chi connectivity index (χ4v) is 1.15. The highest BCUT2D eigenvalue weighted by Crippen LogP contribution is 2.14. The van der Waals surface area contributed by atoms with Gasteiger partial charge in [-0.1, -0.05) is 30.3 Å². The first-order valence-corrected chi connectivity index (χ1v) is 3.92. The van der Waals surface area contributed by atoms with E-state index >= 15 is 0 Å². The van der Waals surface area contributed by atoms with Gasteiger partial charge in [-0.15, -0.1) is 0 Å². The standard InChI is InChI=1S/C10H12O2/c1-8(12)10(7-11)9-5-3-2-4-6-9/h2-6,10-11H,7H2,1H3/t10-/m1/s1. The van der Waals surface area contributed by atoms with E-state index in [1.807, 2.05) is 30.3 Å². The Labute approximate surface area is 71.8 Å². The molecule has 1 atom stereocenters. The Morgan fingerprint density at radius 3 is 2.42 bits per heavy atom. The summed E-state index contributed by atoms with van der Waals surface area (Å²) in [5, 5.41) is 8.93. The van der Waals surface area contributed by atoms with Gasteiger partial charge in [0.05, 0.1) is 12.5 Å². The number of rotatable bonds is 3. The SMILES string of the molecule is CC(=O)[C@@H](CO)c1ccccc1. The Morgan fingerprint density at radius 2 is 2.00 bits per heavy atom. The van der Waals surface area contributed by atoms with E-state index in [2.05, 4.69) is 0 Å². The fraction of sp³-hybridized carbons (Fsp3) is 0.300. The van der Waals surface area contributed by atoms with Gasteiger partial charge >= 0.3 is 0 Å². The first-order chi connectivity index (χ1) is 5.75. The van der Waals surface area contributed by atoms with Crippen LogP contribution in [0.3, 0.4) is 0 Å². The molecule has 64 valence electrons. The molecule has 1 rings (SSSR count). The summed E-state index contributed by atoms with van der Waals surface area (Å²) in [5.74, 6) is -0.352. The number of ketones is 1. The molecule has 1 aromatic rings. The number of benzene rings is 1. The van der Waals surface area contributed by atoms with Crippen molar-refractivity contribution in [1.29, 1.82) is 0 Å². The predicted molar refractivity (Wildman–Crippen MR) is 46.9 cm³/mol. The first-order valence-electron chi connectivity index (χ1n) is 3.92. The van der Waals surface area contributed by atoms with Crippen molar-refractivity contribution in [2.24, 2.45) is 0 Å². The second kappa shape index (κ2) is 4.02. The zero-order valence-electron chi connectivity index (χ0n) is 7.03. The third-order valence-corrected chi connectivity index (χ3v) is 1.88. The molecule has 0 aliphatic carbocycles. The number of carbonyl (C=O) groups excluding carboxylic acids is 1. The minimum Gasteiger partial charge on any atom is -0.395 e. The van der Waals surface area contributed by atoms with Gasteiger partial charge in [0.25, 0.3) is 0 Å². The molecule has 0 saturated carbocycles. The zero-order valence-corrected chi connectivity index (χ0v) is 7.03. The molecular formula is C10H12O2. The van der Waals surface area contributed by atoms with Crippen LogP contribution in [0.1, 0.15) is 18.4 Å². The van der Waals surface area contributed by atoms with Gasteiger partial charge in [0.1, 0.15) is 5.78 Å². The van der Waals surface area contributed by atoms with Crippen molar-refractivity contribution in [3.05, 3.63) is 35.9 Å². The highest BCUT2D eigenvalue weighted by molar-refractivity contribution is 5.83. The molecule has 0 heterocycles. The lowest BCUT2D eigenvalue weighted by Crippen LogP contribution is -2.12. The van der Waals surface area contributed by atoms with Gasteiger partial charge in [-0.2, -0.15) is 0 Å². The molecule has 12 heavy (non-hydrogen) atoms. The first kappa shape index (κ1) is 8.94. The number of carbonyl (C=O) groups is 1. The number of aliphatic hydroxyl groups is 1. The van der Waals surface area contributed by atoms with Gasteiger partial charge in [-0.05, 0) is 12.5 Å². The minimum absolute atomic E-state index is 0.00343. The minimum atomic E-state index is -0.355. The number of hydrogen-bond acceptors (Lipinski definition) is 2. The van der Waals surface area contributed by atoms with Gasteiger partial charge in [0.15, 0.2) is 0 Å². The molecule has 2 heteroatoms. The molecule has 0 aromatic heterocycles. The molecule has 0 radical (unpaired) electrons. The Kier molecular flexibility index (Phi) is 3.00. The van der Waals surface area contributed by atoms with E-state index in [0.717, 1.165) is 5.56 Å². The van der Waals surface area contributed by atoms with Crippen LogP contribution >= 0.6 is 0 Å². The van der Waals surface area contributed by atoms with E-state index in [1.165, 1.54) is 6.92 Å². The summed E-state index contributed by atoms with van der Waals surface area (Å²) in [4.78, 5) is 11.0. The van der Waals surface area contributed by atoms with Crippen molar-refractivity contribution in [1.82, 2.24) is 0 Å². The van der Waals surface area contributed by atoms with E-state index in [-0.39, 0.29) is 18.3 Å². The Hall–Kier alpha value is -1.15. The number of aliphatic hydroxyl groups excluding tert-OH is 1. The van der Waals surface area contributed by atoms with Crippen LogP contribution in [0, 0.1) is 0 Å². The molecule has 0 bridgehead atoms. The van der Waals surface area contributed by atoms with E-state index in [0.29, 0.717) is 0 Å². The molecule has 1 aromatic carbocycles. The third-order valence-electron chi connectivity index (χ3n) is 1.88. The van der Waals surface area contributed by atoms with Gasteiger partial charge in [-0.3, -0.25) is 4.79 Å². The fourth-order valence-electron chi connectivity index (χ4n) is 1.15. The Bertz CT molecular complexity index is 254. The summed E-state index contributed by atoms with van der Waals surface area (Å²) in [6.07, 6.45) is 0. The van der Waals surface area contributed by atoms with Crippen molar-refractivity contribution in [2.75, 3.05) is 6.61 Å². The molecule has 0 unspecified atom stereocenters. The van der Waals surface area contributed by atoms with E-state index < -0.39 is 0 Å². The van der Waals surface area contributed by atoms with Gasteiger partial charge < -0.3 is 5.11 Å². The molecule has 0 aliphatic rings. The van der Waals surface area contributed by atoms with Crippen molar-refractivity contribution in [2.45, 2.75) is 12.8 Å². The Morgan fingerprint density at radius 1 is 1.42 bits per heavy atom. The number of hydrogen-bond donors (Lipinski definition) is 1. The average molecular weight is 164 g/mol. The smallest absolute Gasteiger partial charge is 0.139 e. The molecule has 2 nitrogen and oxygen atoms in total. The quantitative estimate of drug-likeness (QED) is 0.732. The van der Waals surface area contributed by atoms with Crippen molar-refractivity contribution >= 4 is 5.78 Å². The molecule has 0 amide bonds. The lowest BCUT2D eigenvalue weighted by molar-refractivity contribution is -0.119. The maximum Gasteiger partial charge on any atom is 0.139 e. The molecule has 0 aliphatic heterocycles. The lowest BCUT2D eigenvalue weighted by atomic mass is 9.97. The molecule has 1 N–H and O–H groups in total. The topological polar surface area (TPSA) is 37.3 Å². The summed E-state index contributed by atoms with van der Waals surface area (Å²) >= 11 is 0. The van der Waals surface area contributed by atoms with Crippen molar-refractivity contribution < 1.29 is 9.90 Å². The third kappa shape index (κ3) is 1.92. The van der Waals surface area contributed by atoms with Gasteiger partial charge in [0, 0.05) is 0 Å². The largest absolute Gasteiger partial charge is 0.395 e. The molecule has 0 fully saturated rings. The maximum atomic E-state index is 11.0. The summed E-state index contributed by atoms with van der Waals surface area (Å²) in [7, 11) is 0. The van der Waals surface area contributed by atoms with Crippen LogP contribution in [-0.4, -0.2) is 17.5 Å². The predicted octanol–water partition coefficient (Wildman–Crippen LogP) is 1.35. The summed E-state index contributed by atoms with van der Waals surface area (Å²) in [6.45, 7) is 1.38. The number of Topliss-reactive ketones (excluding diaryl/α,β-unsaturated/α-hetero) is 1. The van der Waals surface area contributed by atoms with Crippen LogP contribution in [0.2, 0.25) is 0 Å². The molecular weight excluding hydrogens is 152 g/mol. The maximum absolute atomic E-state index is 11.0. The normalized spacial score (nSPS) is 12.5. The van der Waals surface area contributed by atoms with Crippen LogP contribution < -0.4 is 0 Å². The van der Waals surface area contributed by atoms with Crippen LogP contribution in [0.15, 0.2) is 30.3 Å². The molecule has 0 saturated heterocycles. The summed E-state index contributed by atoms with van der Waals surface area (Å²) in [5.41, 5.74) is 0.882. The average Bonchev–Trinajstić information content (AvgIpc) is 2.07.